The van der Waals surface area contributed by atoms with Gasteiger partial charge in [0, 0.05) is 0 Å². The molecule has 3 aromatic rings. The monoisotopic (exact) mass is 470 g/mol. The van der Waals surface area contributed by atoms with E-state index in [0.29, 0.717) is 41.4 Å². The van der Waals surface area contributed by atoms with Crippen molar-refractivity contribution in [2.45, 2.75) is 31.8 Å². The number of aromatic nitrogens is 3. The second-order valence-corrected chi connectivity index (χ2v) is 8.10. The van der Waals surface area contributed by atoms with Crippen LogP contribution in [0.1, 0.15) is 33.0 Å². The van der Waals surface area contributed by atoms with Crippen LogP contribution in [0.5, 0.6) is 5.75 Å². The molecule has 0 aliphatic carbocycles. The third-order valence-corrected chi connectivity index (χ3v) is 5.82. The smallest absolute Gasteiger partial charge is 0.416 e. The molecule has 0 radical (unpaired) electrons. The molecule has 1 atom stereocenters. The average molecular weight is 470 g/mol. The van der Waals surface area contributed by atoms with Crippen molar-refractivity contribution < 1.29 is 27.4 Å². The van der Waals surface area contributed by atoms with Crippen molar-refractivity contribution in [2.24, 2.45) is 0 Å². The van der Waals surface area contributed by atoms with E-state index >= 15 is 0 Å². The SMILES string of the molecule is C=Cc1cccc(-c2c(C(=O)N[C@H]3COc4ccc(C(F)(F)F)cc4C3)nn3c2COCC3)n1. The number of benzene rings is 1. The fourth-order valence-electron chi connectivity index (χ4n) is 4.20. The van der Waals surface area contributed by atoms with Crippen LogP contribution in [0.4, 0.5) is 13.2 Å². The first kappa shape index (κ1) is 22.1. The van der Waals surface area contributed by atoms with Gasteiger partial charge in [-0.1, -0.05) is 12.6 Å². The Morgan fingerprint density at radius 2 is 2.12 bits per heavy atom. The predicted molar refractivity (Wildman–Crippen MR) is 117 cm³/mol. The molecule has 0 spiro atoms. The van der Waals surface area contributed by atoms with E-state index in [1.807, 2.05) is 6.07 Å². The number of hydrogen-bond donors (Lipinski definition) is 1. The maximum absolute atomic E-state index is 13.3. The van der Waals surface area contributed by atoms with Gasteiger partial charge < -0.3 is 14.8 Å². The molecule has 1 aromatic carbocycles. The lowest BCUT2D eigenvalue weighted by atomic mass is 9.99. The lowest BCUT2D eigenvalue weighted by Gasteiger charge is -2.26. The summed E-state index contributed by atoms with van der Waals surface area (Å²) < 4.78 is 52.3. The van der Waals surface area contributed by atoms with Crippen LogP contribution in [0.3, 0.4) is 0 Å². The van der Waals surface area contributed by atoms with Crippen molar-refractivity contribution in [1.82, 2.24) is 20.1 Å². The second kappa shape index (κ2) is 8.60. The number of halogens is 3. The second-order valence-electron chi connectivity index (χ2n) is 8.10. The number of nitrogens with zero attached hydrogens (tertiary/aromatic N) is 3. The van der Waals surface area contributed by atoms with Crippen molar-refractivity contribution >= 4 is 12.0 Å². The number of carbonyl (C=O) groups is 1. The number of ether oxygens (including phenoxy) is 2. The quantitative estimate of drug-likeness (QED) is 0.627. The minimum atomic E-state index is -4.45. The number of hydrogen-bond acceptors (Lipinski definition) is 5. The molecular weight excluding hydrogens is 449 g/mol. The van der Waals surface area contributed by atoms with E-state index < -0.39 is 23.7 Å². The number of amides is 1. The van der Waals surface area contributed by atoms with E-state index in [2.05, 4.69) is 22.0 Å². The average Bonchev–Trinajstić information content (AvgIpc) is 3.23. The molecule has 0 bridgehead atoms. The fraction of sp³-hybridized carbons (Fsp3) is 0.292. The molecule has 0 fully saturated rings. The molecule has 10 heteroatoms. The summed E-state index contributed by atoms with van der Waals surface area (Å²) >= 11 is 0. The molecule has 2 aromatic heterocycles. The topological polar surface area (TPSA) is 78.3 Å². The van der Waals surface area contributed by atoms with E-state index in [1.54, 1.807) is 22.9 Å². The first-order valence-electron chi connectivity index (χ1n) is 10.7. The normalized spacial score (nSPS) is 17.3. The van der Waals surface area contributed by atoms with Gasteiger partial charge in [-0.25, -0.2) is 4.98 Å². The van der Waals surface area contributed by atoms with Crippen molar-refractivity contribution in [3.05, 3.63) is 71.2 Å². The van der Waals surface area contributed by atoms with Crippen molar-refractivity contribution in [1.29, 1.82) is 0 Å². The Bertz CT molecular complexity index is 1270. The minimum Gasteiger partial charge on any atom is -0.491 e. The zero-order valence-electron chi connectivity index (χ0n) is 18.1. The predicted octanol–water partition coefficient (Wildman–Crippen LogP) is 3.87. The van der Waals surface area contributed by atoms with Gasteiger partial charge in [-0.15, -0.1) is 0 Å². The third-order valence-electron chi connectivity index (χ3n) is 5.82. The van der Waals surface area contributed by atoms with Crippen molar-refractivity contribution in [2.75, 3.05) is 13.2 Å². The van der Waals surface area contributed by atoms with E-state index in [9.17, 15) is 18.0 Å². The molecule has 0 saturated carbocycles. The van der Waals surface area contributed by atoms with Crippen LogP contribution in [0.25, 0.3) is 17.3 Å². The first-order valence-corrected chi connectivity index (χ1v) is 10.7. The Hall–Kier alpha value is -3.66. The van der Waals surface area contributed by atoms with Crippen molar-refractivity contribution in [3.63, 3.8) is 0 Å². The third kappa shape index (κ3) is 4.16. The Balaban J connectivity index is 1.43. The van der Waals surface area contributed by atoms with Gasteiger partial charge in [-0.3, -0.25) is 9.48 Å². The van der Waals surface area contributed by atoms with Crippen LogP contribution in [0.15, 0.2) is 43.0 Å². The highest BCUT2D eigenvalue weighted by Gasteiger charge is 2.33. The van der Waals surface area contributed by atoms with Crippen LogP contribution in [0, 0.1) is 0 Å². The van der Waals surface area contributed by atoms with E-state index in [-0.39, 0.29) is 25.3 Å². The fourth-order valence-corrected chi connectivity index (χ4v) is 4.20. The number of pyridine rings is 1. The number of alkyl halides is 3. The Morgan fingerprint density at radius 3 is 2.91 bits per heavy atom. The van der Waals surface area contributed by atoms with Crippen LogP contribution in [0.2, 0.25) is 0 Å². The molecule has 2 aliphatic heterocycles. The van der Waals surface area contributed by atoms with Crippen LogP contribution in [-0.2, 0) is 30.5 Å². The summed E-state index contributed by atoms with van der Waals surface area (Å²) in [4.78, 5) is 17.9. The number of carbonyl (C=O) groups excluding carboxylic acids is 1. The maximum Gasteiger partial charge on any atom is 0.416 e. The van der Waals surface area contributed by atoms with Gasteiger partial charge in [-0.2, -0.15) is 18.3 Å². The summed E-state index contributed by atoms with van der Waals surface area (Å²) in [5.41, 5.74) is 2.35. The molecule has 1 amide bonds. The van der Waals surface area contributed by atoms with Gasteiger partial charge in [0.2, 0.25) is 0 Å². The molecule has 0 unspecified atom stereocenters. The summed E-state index contributed by atoms with van der Waals surface area (Å²) in [6.07, 6.45) is -2.63. The first-order chi connectivity index (χ1) is 16.3. The molecular formula is C24H21F3N4O3. The summed E-state index contributed by atoms with van der Waals surface area (Å²) in [6.45, 7) is 5.14. The summed E-state index contributed by atoms with van der Waals surface area (Å²) in [5, 5.41) is 7.38. The highest BCUT2D eigenvalue weighted by atomic mass is 19.4. The van der Waals surface area contributed by atoms with Crippen LogP contribution in [-0.4, -0.2) is 39.9 Å². The summed E-state index contributed by atoms with van der Waals surface area (Å²) in [5.74, 6) is -0.0639. The lowest BCUT2D eigenvalue weighted by Crippen LogP contribution is -2.43. The molecule has 2 aliphatic rings. The largest absolute Gasteiger partial charge is 0.491 e. The van der Waals surface area contributed by atoms with Crippen molar-refractivity contribution in [3.8, 4) is 17.0 Å². The molecule has 34 heavy (non-hydrogen) atoms. The van der Waals surface area contributed by atoms with Gasteiger partial charge in [0.25, 0.3) is 5.91 Å². The van der Waals surface area contributed by atoms with E-state index in [1.165, 1.54) is 6.07 Å². The maximum atomic E-state index is 13.3. The van der Waals surface area contributed by atoms with Gasteiger partial charge in [0.15, 0.2) is 5.69 Å². The zero-order chi connectivity index (χ0) is 23.9. The highest BCUT2D eigenvalue weighted by Crippen LogP contribution is 2.35. The highest BCUT2D eigenvalue weighted by molar-refractivity contribution is 5.99. The molecule has 7 nitrogen and oxygen atoms in total. The standard InChI is InChI=1S/C24H21F3N4O3/c1-2-16-4-3-5-18(28-16)21-19-13-33-9-8-31(19)30-22(21)23(32)29-17-11-14-10-15(24(25,26)27)6-7-20(14)34-12-17/h2-7,10,17H,1,8-9,11-13H2,(H,29,32)/t17-/m1/s1. The molecule has 5 rings (SSSR count). The Labute approximate surface area is 193 Å². The van der Waals surface area contributed by atoms with E-state index in [0.717, 1.165) is 17.8 Å². The van der Waals surface area contributed by atoms with Gasteiger partial charge in [0.1, 0.15) is 12.4 Å². The van der Waals surface area contributed by atoms with E-state index in [4.69, 9.17) is 9.47 Å². The molecule has 4 heterocycles. The summed E-state index contributed by atoms with van der Waals surface area (Å²) in [7, 11) is 0. The van der Waals surface area contributed by atoms with Gasteiger partial charge in [-0.05, 0) is 48.4 Å². The molecule has 1 N–H and O–H groups in total. The number of rotatable bonds is 4. The van der Waals surface area contributed by atoms with Gasteiger partial charge >= 0.3 is 6.18 Å². The zero-order valence-corrected chi connectivity index (χ0v) is 18.1. The van der Waals surface area contributed by atoms with Gasteiger partial charge in [0.05, 0.1) is 54.0 Å². The van der Waals surface area contributed by atoms with Crippen LogP contribution < -0.4 is 10.1 Å². The number of nitrogens with one attached hydrogen (secondary N) is 1. The number of fused-ring (bicyclic) bond motifs is 2. The lowest BCUT2D eigenvalue weighted by molar-refractivity contribution is -0.137. The molecule has 0 saturated heterocycles. The minimum absolute atomic E-state index is 0.139. The molecule has 176 valence electrons. The summed E-state index contributed by atoms with van der Waals surface area (Å²) in [6, 6.07) is 8.26. The van der Waals surface area contributed by atoms with Crippen LogP contribution >= 0.6 is 0 Å². The Morgan fingerprint density at radius 1 is 1.26 bits per heavy atom. The Kier molecular flexibility index (Phi) is 5.60.